The quantitative estimate of drug-likeness (QED) is 0.0954. The maximum atomic E-state index is 13.3. The summed E-state index contributed by atoms with van der Waals surface area (Å²) >= 11 is 3.12. The fraction of sp³-hybridized carbons (Fsp3) is 0.226. The number of aryl methyl sites for hydroxylation is 2. The number of amides is 3. The molecule has 3 aromatic heterocycles. The summed E-state index contributed by atoms with van der Waals surface area (Å²) in [4.78, 5) is 63.9. The van der Waals surface area contributed by atoms with E-state index in [-0.39, 0.29) is 34.4 Å². The van der Waals surface area contributed by atoms with Crippen molar-refractivity contribution in [3.05, 3.63) is 299 Å². The number of likely N-dealkylation sites (tertiary alicyclic amines) is 3. The summed E-state index contributed by atoms with van der Waals surface area (Å²) in [5, 5.41) is 7.77. The lowest BCUT2D eigenvalue weighted by atomic mass is 10.0. The van der Waals surface area contributed by atoms with Crippen molar-refractivity contribution in [1.82, 2.24) is 43.8 Å². The van der Waals surface area contributed by atoms with Crippen molar-refractivity contribution in [2.24, 2.45) is 0 Å². The highest BCUT2D eigenvalue weighted by Crippen LogP contribution is 2.39. The maximum Gasteiger partial charge on any atom is 0.446 e. The van der Waals surface area contributed by atoms with E-state index in [0.717, 1.165) is 174 Å². The summed E-state index contributed by atoms with van der Waals surface area (Å²) in [6, 6.07) is 85.6. The Kier molecular flexibility index (Phi) is 22.8. The molecule has 15 aromatic rings. The van der Waals surface area contributed by atoms with Gasteiger partial charge in [-0.2, -0.15) is 13.2 Å². The molecule has 3 fully saturated rings. The number of H-pyrrole nitrogens is 1. The molecule has 0 spiro atoms. The van der Waals surface area contributed by atoms with Gasteiger partial charge in [-0.05, 0) is 199 Å². The summed E-state index contributed by atoms with van der Waals surface area (Å²) < 4.78 is 40.2. The van der Waals surface area contributed by atoms with Crippen LogP contribution in [0.25, 0.3) is 99.6 Å². The number of nitrogens with zero attached hydrogens (tertiary/aromatic N) is 8. The second-order valence-corrected chi connectivity index (χ2v) is 30.4. The van der Waals surface area contributed by atoms with E-state index in [0.29, 0.717) is 11.9 Å². The molecule has 0 radical (unpaired) electrons. The summed E-state index contributed by atoms with van der Waals surface area (Å²) in [7, 11) is 0. The number of rotatable bonds is 12. The standard InChI is InChI=1S/2C31H29N3O.C23H21N3O.C8H6BrF3S/c1-22-12-14-23(15-13-22)21-34-29-17-16-25(31(35)33-18-5-2-6-19-33)20-28(29)32-30(34)27-11-7-9-24-8-3-4-10-26(24)27;1-22-12-14-23(15-13-22)21-34-29-20-25(31(35)33-18-5-2-6-19-33)16-17-28(29)32-30(34)27-11-7-9-24-8-3-4-10-26(24)27;27-23(26-13-4-1-5-14-26)17-11-12-20-21(15-17)25-22(24-20)19-10-6-8-16-7-2-3-9-18(16)19;9-5-6-1-3-7(4-2-6)13-8(10,11)12/h2*3-4,7-17,20H,2,5-6,18-19,21H2,1H3;2-3,6-12,15H,1,4-5,13-14H2,(H,24,25);1-4H,5H2. The van der Waals surface area contributed by atoms with Crippen LogP contribution >= 0.6 is 27.7 Å². The van der Waals surface area contributed by atoms with Crippen molar-refractivity contribution < 1.29 is 27.6 Å². The van der Waals surface area contributed by atoms with Crippen LogP contribution in [0.3, 0.4) is 0 Å². The largest absolute Gasteiger partial charge is 0.446 e. The van der Waals surface area contributed by atoms with Gasteiger partial charge in [-0.1, -0.05) is 215 Å². The minimum atomic E-state index is -4.20. The number of piperidine rings is 3. The van der Waals surface area contributed by atoms with Gasteiger partial charge in [-0.15, -0.1) is 0 Å². The number of aromatic nitrogens is 6. The number of halogens is 4. The molecule has 0 atom stereocenters. The van der Waals surface area contributed by atoms with E-state index in [1.807, 2.05) is 75.4 Å². The van der Waals surface area contributed by atoms with Crippen LogP contribution in [0.5, 0.6) is 0 Å². The Balaban J connectivity index is 0.000000122. The Morgan fingerprint density at radius 3 is 1.28 bits per heavy atom. The molecule has 0 bridgehead atoms. The molecule has 3 saturated heterocycles. The van der Waals surface area contributed by atoms with E-state index in [1.165, 1.54) is 86.0 Å². The van der Waals surface area contributed by atoms with Crippen LogP contribution in [0, 0.1) is 13.8 Å². The zero-order chi connectivity index (χ0) is 75.7. The van der Waals surface area contributed by atoms with Crippen LogP contribution < -0.4 is 0 Å². The molecule has 110 heavy (non-hydrogen) atoms. The molecule has 12 nitrogen and oxygen atoms in total. The Hall–Kier alpha value is -11.1. The van der Waals surface area contributed by atoms with Crippen LogP contribution in [0.2, 0.25) is 0 Å². The lowest BCUT2D eigenvalue weighted by Gasteiger charge is -2.26. The molecule has 1 N–H and O–H groups in total. The highest BCUT2D eigenvalue weighted by molar-refractivity contribution is 9.08. The average Bonchev–Trinajstić information content (AvgIpc) is 1.60. The van der Waals surface area contributed by atoms with Crippen LogP contribution in [-0.4, -0.2) is 106 Å². The molecule has 0 unspecified atom stereocenters. The van der Waals surface area contributed by atoms with E-state index in [4.69, 9.17) is 15.0 Å². The third-order valence-electron chi connectivity index (χ3n) is 21.0. The number of fused-ring (bicyclic) bond motifs is 6. The van der Waals surface area contributed by atoms with Gasteiger partial charge in [0.05, 0.1) is 33.1 Å². The summed E-state index contributed by atoms with van der Waals surface area (Å²) in [5.74, 6) is 3.06. The smallest absolute Gasteiger partial charge is 0.339 e. The molecular formula is C93H85BrF3N9O3S. The Morgan fingerprint density at radius 1 is 0.400 bits per heavy atom. The number of thioether (sulfide) groups is 1. The van der Waals surface area contributed by atoms with Gasteiger partial charge >= 0.3 is 5.51 Å². The molecule has 6 heterocycles. The van der Waals surface area contributed by atoms with Crippen molar-refractivity contribution in [1.29, 1.82) is 0 Å². The highest BCUT2D eigenvalue weighted by Gasteiger charge is 2.30. The van der Waals surface area contributed by atoms with Crippen molar-refractivity contribution in [2.75, 3.05) is 39.3 Å². The Bertz CT molecular complexity index is 5710. The summed E-state index contributed by atoms with van der Waals surface area (Å²) in [6.07, 6.45) is 10.2. The predicted molar refractivity (Wildman–Crippen MR) is 445 cm³/mol. The third kappa shape index (κ3) is 17.1. The Labute approximate surface area is 651 Å². The van der Waals surface area contributed by atoms with Crippen LogP contribution in [0.4, 0.5) is 13.2 Å². The molecule has 3 amide bonds. The van der Waals surface area contributed by atoms with E-state index in [9.17, 15) is 27.6 Å². The van der Waals surface area contributed by atoms with Crippen LogP contribution in [0.15, 0.2) is 260 Å². The zero-order valence-electron chi connectivity index (χ0n) is 61.7. The minimum Gasteiger partial charge on any atom is -0.339 e. The maximum absolute atomic E-state index is 13.3. The summed E-state index contributed by atoms with van der Waals surface area (Å²) in [5.41, 5.74) is 12.8. The number of aromatic amines is 1. The number of hydrogen-bond acceptors (Lipinski definition) is 7. The molecule has 554 valence electrons. The topological polar surface area (TPSA) is 125 Å². The second kappa shape index (κ2) is 33.8. The first-order valence-electron chi connectivity index (χ1n) is 38.0. The molecule has 18 rings (SSSR count). The fourth-order valence-electron chi connectivity index (χ4n) is 15.2. The molecule has 12 aromatic carbocycles. The number of imidazole rings is 3. The van der Waals surface area contributed by atoms with Crippen molar-refractivity contribution in [2.45, 2.75) is 100 Å². The minimum absolute atomic E-state index is 0.0954. The van der Waals surface area contributed by atoms with Crippen molar-refractivity contribution >= 4 is 111 Å². The van der Waals surface area contributed by atoms with Gasteiger partial charge in [0.1, 0.15) is 17.5 Å². The molecule has 17 heteroatoms. The number of benzene rings is 12. The van der Waals surface area contributed by atoms with Gasteiger partial charge in [0.15, 0.2) is 0 Å². The highest BCUT2D eigenvalue weighted by atomic mass is 79.9. The van der Waals surface area contributed by atoms with E-state index >= 15 is 0 Å². The van der Waals surface area contributed by atoms with Gasteiger partial charge in [0.2, 0.25) is 0 Å². The van der Waals surface area contributed by atoms with Crippen molar-refractivity contribution in [3.63, 3.8) is 0 Å². The van der Waals surface area contributed by atoms with E-state index < -0.39 is 5.51 Å². The molecule has 0 saturated carbocycles. The predicted octanol–water partition coefficient (Wildman–Crippen LogP) is 22.9. The van der Waals surface area contributed by atoms with E-state index in [1.54, 1.807) is 12.1 Å². The number of carbonyl (C=O) groups excluding carboxylic acids is 3. The van der Waals surface area contributed by atoms with Crippen molar-refractivity contribution in [3.8, 4) is 34.2 Å². The van der Waals surface area contributed by atoms with Gasteiger partial charge in [0.25, 0.3) is 17.7 Å². The van der Waals surface area contributed by atoms with Crippen LogP contribution in [-0.2, 0) is 18.4 Å². The van der Waals surface area contributed by atoms with Crippen LogP contribution in [0.1, 0.15) is 117 Å². The SMILES string of the molecule is Cc1ccc(Cn2c(-c3cccc4ccccc34)nc3cc(C(=O)N4CCCCC4)ccc32)cc1.Cc1ccc(Cn2c(-c3cccc4ccccc34)nc3ccc(C(=O)N4CCCCC4)cc32)cc1.FC(F)(F)Sc1ccc(CBr)cc1.O=C(c1ccc2nc(-c3cccc4ccccc34)[nH]c2c1)N1CCCCC1. The number of hydrogen-bond donors (Lipinski definition) is 1. The number of alkyl halides is 4. The molecule has 0 aliphatic carbocycles. The first kappa shape index (κ1) is 74.3. The van der Waals surface area contributed by atoms with Gasteiger partial charge in [0, 0.05) is 96.0 Å². The molecular weight excluding hydrogens is 1460 g/mol. The fourth-order valence-corrected chi connectivity index (χ4v) is 16.1. The Morgan fingerprint density at radius 2 is 0.800 bits per heavy atom. The monoisotopic (exact) mass is 1540 g/mol. The second-order valence-electron chi connectivity index (χ2n) is 28.7. The normalized spacial score (nSPS) is 13.9. The number of carbonyl (C=O) groups is 3. The summed E-state index contributed by atoms with van der Waals surface area (Å²) in [6.45, 7) is 10.7. The number of nitrogens with one attached hydrogen (secondary N) is 1. The molecule has 3 aliphatic heterocycles. The molecule has 3 aliphatic rings. The van der Waals surface area contributed by atoms with Gasteiger partial charge in [-0.25, -0.2) is 15.0 Å². The zero-order valence-corrected chi connectivity index (χ0v) is 64.1. The average molecular weight is 1550 g/mol. The van der Waals surface area contributed by atoms with Gasteiger partial charge < -0.3 is 28.8 Å². The third-order valence-corrected chi connectivity index (χ3v) is 22.4. The lowest BCUT2D eigenvalue weighted by molar-refractivity contribution is -0.0328. The van der Waals surface area contributed by atoms with Gasteiger partial charge in [-0.3, -0.25) is 14.4 Å². The lowest BCUT2D eigenvalue weighted by Crippen LogP contribution is -2.35. The first-order valence-corrected chi connectivity index (χ1v) is 39.9. The van der Waals surface area contributed by atoms with E-state index in [2.05, 4.69) is 214 Å². The first-order chi connectivity index (χ1) is 53.6.